The molecule has 0 spiro atoms. The van der Waals surface area contributed by atoms with E-state index in [1.807, 2.05) is 19.1 Å². The van der Waals surface area contributed by atoms with Gasteiger partial charge in [-0.25, -0.2) is 0 Å². The molecule has 0 aliphatic rings. The van der Waals surface area contributed by atoms with Crippen LogP contribution in [-0.4, -0.2) is 15.9 Å². The molecule has 0 fully saturated rings. The van der Waals surface area contributed by atoms with Crippen molar-refractivity contribution in [3.63, 3.8) is 0 Å². The molecule has 1 N–H and O–H groups in total. The molecule has 0 radical (unpaired) electrons. The van der Waals surface area contributed by atoms with E-state index in [4.69, 9.17) is 5.21 Å². The van der Waals surface area contributed by atoms with Gasteiger partial charge in [-0.2, -0.15) is 0 Å². The Hall–Kier alpha value is -0.900. The summed E-state index contributed by atoms with van der Waals surface area (Å²) in [5.74, 6) is 0. The smallest absolute Gasteiger partial charge is 0.0543 e. The molecule has 1 heterocycles. The second-order valence-electron chi connectivity index (χ2n) is 3.25. The van der Waals surface area contributed by atoms with Gasteiger partial charge < -0.3 is 5.21 Å². The summed E-state index contributed by atoms with van der Waals surface area (Å²) in [6, 6.07) is 3.95. The Labute approximate surface area is 92.0 Å². The van der Waals surface area contributed by atoms with Crippen molar-refractivity contribution in [2.75, 3.05) is 0 Å². The highest BCUT2D eigenvalue weighted by atomic mass is 79.9. The topological polar surface area (TPSA) is 45.5 Å². The van der Waals surface area contributed by atoms with Gasteiger partial charge in [0.15, 0.2) is 0 Å². The summed E-state index contributed by atoms with van der Waals surface area (Å²) in [5, 5.41) is 11.6. The number of hydrogen-bond acceptors (Lipinski definition) is 3. The molecular weight excluding hydrogens is 244 g/mol. The van der Waals surface area contributed by atoms with Crippen molar-refractivity contribution in [2.24, 2.45) is 5.16 Å². The highest BCUT2D eigenvalue weighted by Crippen LogP contribution is 2.13. The third-order valence-electron chi connectivity index (χ3n) is 1.88. The summed E-state index contributed by atoms with van der Waals surface area (Å²) in [6.45, 7) is 3.76. The van der Waals surface area contributed by atoms with Gasteiger partial charge in [-0.05, 0) is 38.8 Å². The summed E-state index contributed by atoms with van der Waals surface area (Å²) in [4.78, 5) is 4.37. The van der Waals surface area contributed by atoms with Crippen LogP contribution in [0.25, 0.3) is 0 Å². The average molecular weight is 257 g/mol. The summed E-state index contributed by atoms with van der Waals surface area (Å²) in [5.41, 5.74) is 2.73. The van der Waals surface area contributed by atoms with Crippen molar-refractivity contribution in [2.45, 2.75) is 26.7 Å². The lowest BCUT2D eigenvalue weighted by Gasteiger charge is -2.02. The van der Waals surface area contributed by atoms with Gasteiger partial charge >= 0.3 is 0 Å². The van der Waals surface area contributed by atoms with E-state index >= 15 is 0 Å². The number of rotatable bonds is 3. The molecule has 0 aliphatic carbocycles. The van der Waals surface area contributed by atoms with Gasteiger partial charge in [0.25, 0.3) is 0 Å². The third-order valence-corrected chi connectivity index (χ3v) is 2.34. The second kappa shape index (κ2) is 5.10. The van der Waals surface area contributed by atoms with Crippen molar-refractivity contribution in [1.82, 2.24) is 4.98 Å². The minimum absolute atomic E-state index is 0.726. The summed E-state index contributed by atoms with van der Waals surface area (Å²) < 4.78 is 1.04. The maximum absolute atomic E-state index is 8.48. The molecule has 0 bridgehead atoms. The van der Waals surface area contributed by atoms with E-state index in [9.17, 15) is 0 Å². The lowest BCUT2D eigenvalue weighted by molar-refractivity contribution is 0.317. The van der Waals surface area contributed by atoms with E-state index < -0.39 is 0 Å². The van der Waals surface area contributed by atoms with Crippen molar-refractivity contribution in [3.05, 3.63) is 28.0 Å². The minimum atomic E-state index is 0.726. The van der Waals surface area contributed by atoms with Gasteiger partial charge in [0.1, 0.15) is 0 Å². The van der Waals surface area contributed by atoms with E-state index in [1.54, 1.807) is 6.92 Å². The van der Waals surface area contributed by atoms with Crippen LogP contribution in [0.5, 0.6) is 0 Å². The fourth-order valence-electron chi connectivity index (χ4n) is 1.18. The van der Waals surface area contributed by atoms with Crippen LogP contribution >= 0.6 is 15.9 Å². The Bertz CT molecular complexity index is 330. The highest BCUT2D eigenvalue weighted by Gasteiger charge is 2.00. The first-order valence-electron chi connectivity index (χ1n) is 4.42. The average Bonchev–Trinajstić information content (AvgIpc) is 2.12. The van der Waals surface area contributed by atoms with Gasteiger partial charge in [-0.3, -0.25) is 4.98 Å². The maximum atomic E-state index is 8.48. The lowest BCUT2D eigenvalue weighted by atomic mass is 10.1. The standard InChI is InChI=1S/C10H13BrN2O/c1-7(13-14)3-4-10-6-9(11)5-8(2)12-10/h5-6,14H,3-4H2,1-2H3. The van der Waals surface area contributed by atoms with Crippen LogP contribution < -0.4 is 0 Å². The highest BCUT2D eigenvalue weighted by molar-refractivity contribution is 9.10. The first-order chi connectivity index (χ1) is 6.61. The van der Waals surface area contributed by atoms with E-state index in [1.165, 1.54) is 0 Å². The third kappa shape index (κ3) is 3.46. The normalized spacial score (nSPS) is 11.8. The van der Waals surface area contributed by atoms with Crippen LogP contribution in [0.1, 0.15) is 24.7 Å². The molecule has 0 aromatic carbocycles. The van der Waals surface area contributed by atoms with Crippen LogP contribution in [-0.2, 0) is 6.42 Å². The molecule has 0 unspecified atom stereocenters. The fraction of sp³-hybridized carbons (Fsp3) is 0.400. The zero-order valence-electron chi connectivity index (χ0n) is 8.29. The number of oxime groups is 1. The quantitative estimate of drug-likeness (QED) is 0.514. The maximum Gasteiger partial charge on any atom is 0.0543 e. The Morgan fingerprint density at radius 1 is 1.57 bits per heavy atom. The molecule has 0 amide bonds. The first kappa shape index (κ1) is 11.2. The van der Waals surface area contributed by atoms with Crippen molar-refractivity contribution < 1.29 is 5.21 Å². The minimum Gasteiger partial charge on any atom is -0.411 e. The Morgan fingerprint density at radius 2 is 2.29 bits per heavy atom. The zero-order chi connectivity index (χ0) is 10.6. The molecule has 1 aromatic heterocycles. The Morgan fingerprint density at radius 3 is 2.86 bits per heavy atom. The second-order valence-corrected chi connectivity index (χ2v) is 4.17. The van der Waals surface area contributed by atoms with Gasteiger partial charge in [-0.15, -0.1) is 0 Å². The zero-order valence-corrected chi connectivity index (χ0v) is 9.87. The van der Waals surface area contributed by atoms with Crippen molar-refractivity contribution >= 4 is 21.6 Å². The van der Waals surface area contributed by atoms with Crippen LogP contribution in [0.2, 0.25) is 0 Å². The van der Waals surface area contributed by atoms with E-state index in [0.717, 1.165) is 34.4 Å². The molecule has 4 heteroatoms. The van der Waals surface area contributed by atoms with Crippen LogP contribution in [0.15, 0.2) is 21.8 Å². The van der Waals surface area contributed by atoms with Gasteiger partial charge in [0.05, 0.1) is 5.71 Å². The molecular formula is C10H13BrN2O. The molecule has 1 aromatic rings. The molecule has 3 nitrogen and oxygen atoms in total. The van der Waals surface area contributed by atoms with Gasteiger partial charge in [-0.1, -0.05) is 21.1 Å². The van der Waals surface area contributed by atoms with Crippen molar-refractivity contribution in [3.8, 4) is 0 Å². The Balaban J connectivity index is 2.67. The molecule has 0 saturated heterocycles. The predicted octanol–water partition coefficient (Wildman–Crippen LogP) is 2.94. The summed E-state index contributed by atoms with van der Waals surface area (Å²) in [7, 11) is 0. The predicted molar refractivity (Wildman–Crippen MR) is 59.9 cm³/mol. The van der Waals surface area contributed by atoms with Crippen LogP contribution in [0.3, 0.4) is 0 Å². The van der Waals surface area contributed by atoms with E-state index in [-0.39, 0.29) is 0 Å². The molecule has 1 rings (SSSR count). The fourth-order valence-corrected chi connectivity index (χ4v) is 1.77. The number of halogens is 1. The SMILES string of the molecule is CC(CCc1cc(Br)cc(C)n1)=NO. The number of hydrogen-bond donors (Lipinski definition) is 1. The number of nitrogens with zero attached hydrogens (tertiary/aromatic N) is 2. The first-order valence-corrected chi connectivity index (χ1v) is 5.21. The van der Waals surface area contributed by atoms with Crippen LogP contribution in [0, 0.1) is 6.92 Å². The van der Waals surface area contributed by atoms with E-state index in [0.29, 0.717) is 0 Å². The van der Waals surface area contributed by atoms with E-state index in [2.05, 4.69) is 26.1 Å². The molecule has 0 aliphatic heterocycles. The van der Waals surface area contributed by atoms with Gasteiger partial charge in [0.2, 0.25) is 0 Å². The van der Waals surface area contributed by atoms with Crippen LogP contribution in [0.4, 0.5) is 0 Å². The summed E-state index contributed by atoms with van der Waals surface area (Å²) in [6.07, 6.45) is 1.54. The number of pyridine rings is 1. The largest absolute Gasteiger partial charge is 0.411 e. The summed E-state index contributed by atoms with van der Waals surface area (Å²) >= 11 is 3.42. The van der Waals surface area contributed by atoms with Gasteiger partial charge in [0, 0.05) is 15.9 Å². The Kier molecular flexibility index (Phi) is 4.07. The number of aromatic nitrogens is 1. The monoisotopic (exact) mass is 256 g/mol. The molecule has 0 atom stereocenters. The molecule has 14 heavy (non-hydrogen) atoms. The van der Waals surface area contributed by atoms with Crippen molar-refractivity contribution in [1.29, 1.82) is 0 Å². The lowest BCUT2D eigenvalue weighted by Crippen LogP contribution is -1.98. The number of aryl methyl sites for hydroxylation is 2. The molecule has 76 valence electrons. The molecule has 0 saturated carbocycles.